The Morgan fingerprint density at radius 1 is 1.33 bits per heavy atom. The van der Waals surface area contributed by atoms with Crippen molar-refractivity contribution in [1.29, 1.82) is 0 Å². The normalized spacial score (nSPS) is 19.9. The fraction of sp³-hybridized carbons (Fsp3) is 0.917. The van der Waals surface area contributed by atoms with Crippen LogP contribution in [-0.4, -0.2) is 25.0 Å². The molecular weight excluding hydrogens is 188 g/mol. The Bertz CT molecular complexity index is 188. The standard InChI is InChI=1S/C12H24N2O/c1-3-13-9-10(2)12(15)14-11-7-5-4-6-8-11/h10-11,13H,3-9H2,1-2H3,(H,14,15). The summed E-state index contributed by atoms with van der Waals surface area (Å²) in [7, 11) is 0. The van der Waals surface area contributed by atoms with Gasteiger partial charge in [0.05, 0.1) is 0 Å². The highest BCUT2D eigenvalue weighted by atomic mass is 16.1. The monoisotopic (exact) mass is 212 g/mol. The van der Waals surface area contributed by atoms with E-state index in [0.717, 1.165) is 13.1 Å². The first kappa shape index (κ1) is 12.5. The van der Waals surface area contributed by atoms with Crippen LogP contribution < -0.4 is 10.6 Å². The number of rotatable bonds is 5. The second-order valence-corrected chi connectivity index (χ2v) is 4.55. The molecule has 88 valence electrons. The Labute approximate surface area is 93.0 Å². The van der Waals surface area contributed by atoms with Gasteiger partial charge in [0.1, 0.15) is 0 Å². The molecule has 1 saturated carbocycles. The van der Waals surface area contributed by atoms with Crippen molar-refractivity contribution >= 4 is 5.91 Å². The van der Waals surface area contributed by atoms with E-state index in [1.54, 1.807) is 0 Å². The molecule has 1 aliphatic carbocycles. The lowest BCUT2D eigenvalue weighted by atomic mass is 9.95. The van der Waals surface area contributed by atoms with Crippen LogP contribution in [0.15, 0.2) is 0 Å². The van der Waals surface area contributed by atoms with Gasteiger partial charge in [-0.1, -0.05) is 33.1 Å². The fourth-order valence-electron chi connectivity index (χ4n) is 2.04. The summed E-state index contributed by atoms with van der Waals surface area (Å²) in [4.78, 5) is 11.8. The van der Waals surface area contributed by atoms with Crippen LogP contribution in [-0.2, 0) is 4.79 Å². The lowest BCUT2D eigenvalue weighted by Crippen LogP contribution is -2.41. The minimum atomic E-state index is 0.0897. The second-order valence-electron chi connectivity index (χ2n) is 4.55. The molecule has 0 aromatic rings. The molecule has 0 aromatic carbocycles. The van der Waals surface area contributed by atoms with E-state index in [2.05, 4.69) is 17.6 Å². The van der Waals surface area contributed by atoms with E-state index in [4.69, 9.17) is 0 Å². The molecule has 15 heavy (non-hydrogen) atoms. The summed E-state index contributed by atoms with van der Waals surface area (Å²) in [5.41, 5.74) is 0. The van der Waals surface area contributed by atoms with E-state index in [0.29, 0.717) is 6.04 Å². The zero-order chi connectivity index (χ0) is 11.1. The molecular formula is C12H24N2O. The molecule has 0 bridgehead atoms. The molecule has 1 aliphatic rings. The van der Waals surface area contributed by atoms with Crippen molar-refractivity contribution in [2.45, 2.75) is 52.0 Å². The van der Waals surface area contributed by atoms with E-state index in [-0.39, 0.29) is 11.8 Å². The molecule has 0 spiro atoms. The Hall–Kier alpha value is -0.570. The second kappa shape index (κ2) is 6.83. The lowest BCUT2D eigenvalue weighted by molar-refractivity contribution is -0.125. The average molecular weight is 212 g/mol. The molecule has 1 fully saturated rings. The van der Waals surface area contributed by atoms with Gasteiger partial charge >= 0.3 is 0 Å². The summed E-state index contributed by atoms with van der Waals surface area (Å²) < 4.78 is 0. The van der Waals surface area contributed by atoms with Crippen LogP contribution in [0.4, 0.5) is 0 Å². The van der Waals surface area contributed by atoms with E-state index in [9.17, 15) is 4.79 Å². The van der Waals surface area contributed by atoms with Crippen molar-refractivity contribution in [3.63, 3.8) is 0 Å². The van der Waals surface area contributed by atoms with E-state index >= 15 is 0 Å². The molecule has 2 N–H and O–H groups in total. The van der Waals surface area contributed by atoms with Gasteiger partial charge in [-0.3, -0.25) is 4.79 Å². The van der Waals surface area contributed by atoms with Crippen molar-refractivity contribution in [2.24, 2.45) is 5.92 Å². The van der Waals surface area contributed by atoms with Gasteiger partial charge in [0.2, 0.25) is 5.91 Å². The zero-order valence-electron chi connectivity index (χ0n) is 10.0. The van der Waals surface area contributed by atoms with E-state index in [1.165, 1.54) is 32.1 Å². The summed E-state index contributed by atoms with van der Waals surface area (Å²) in [6.45, 7) is 5.77. The van der Waals surface area contributed by atoms with Crippen molar-refractivity contribution < 1.29 is 4.79 Å². The number of amides is 1. The predicted molar refractivity (Wildman–Crippen MR) is 62.7 cm³/mol. The predicted octanol–water partition coefficient (Wildman–Crippen LogP) is 1.68. The molecule has 3 heteroatoms. The van der Waals surface area contributed by atoms with Gasteiger partial charge in [0, 0.05) is 18.5 Å². The summed E-state index contributed by atoms with van der Waals surface area (Å²) in [6, 6.07) is 0.440. The Kier molecular flexibility index (Phi) is 5.69. The molecule has 0 aromatic heterocycles. The molecule has 0 heterocycles. The van der Waals surface area contributed by atoms with E-state index in [1.807, 2.05) is 6.92 Å². The lowest BCUT2D eigenvalue weighted by Gasteiger charge is -2.24. The van der Waals surface area contributed by atoms with Crippen LogP contribution in [0.3, 0.4) is 0 Å². The molecule has 0 radical (unpaired) electrons. The third kappa shape index (κ3) is 4.65. The van der Waals surface area contributed by atoms with Crippen LogP contribution in [0, 0.1) is 5.92 Å². The fourth-order valence-corrected chi connectivity index (χ4v) is 2.04. The van der Waals surface area contributed by atoms with Gasteiger partial charge in [-0.25, -0.2) is 0 Å². The highest BCUT2D eigenvalue weighted by molar-refractivity contribution is 5.78. The molecule has 3 nitrogen and oxygen atoms in total. The van der Waals surface area contributed by atoms with Crippen LogP contribution in [0.25, 0.3) is 0 Å². The smallest absolute Gasteiger partial charge is 0.224 e. The van der Waals surface area contributed by atoms with Crippen molar-refractivity contribution in [3.05, 3.63) is 0 Å². The Morgan fingerprint density at radius 2 is 2.00 bits per heavy atom. The van der Waals surface area contributed by atoms with Gasteiger partial charge < -0.3 is 10.6 Å². The number of nitrogens with one attached hydrogen (secondary N) is 2. The summed E-state index contributed by atoms with van der Waals surface area (Å²) in [5, 5.41) is 6.35. The highest BCUT2D eigenvalue weighted by Gasteiger charge is 2.18. The number of carbonyl (C=O) groups excluding carboxylic acids is 1. The van der Waals surface area contributed by atoms with E-state index < -0.39 is 0 Å². The molecule has 1 amide bonds. The minimum Gasteiger partial charge on any atom is -0.353 e. The Morgan fingerprint density at radius 3 is 2.60 bits per heavy atom. The Balaban J connectivity index is 2.20. The van der Waals surface area contributed by atoms with Gasteiger partial charge in [-0.2, -0.15) is 0 Å². The van der Waals surface area contributed by atoms with Gasteiger partial charge in [0.25, 0.3) is 0 Å². The molecule has 0 aliphatic heterocycles. The quantitative estimate of drug-likeness (QED) is 0.728. The SMILES string of the molecule is CCNCC(C)C(=O)NC1CCCCC1. The van der Waals surface area contributed by atoms with Crippen LogP contribution in [0.1, 0.15) is 46.0 Å². The third-order valence-corrected chi connectivity index (χ3v) is 3.10. The van der Waals surface area contributed by atoms with Gasteiger partial charge in [0.15, 0.2) is 0 Å². The summed E-state index contributed by atoms with van der Waals surface area (Å²) >= 11 is 0. The maximum atomic E-state index is 11.8. The van der Waals surface area contributed by atoms with Crippen molar-refractivity contribution in [2.75, 3.05) is 13.1 Å². The average Bonchev–Trinajstić information content (AvgIpc) is 2.27. The molecule has 1 rings (SSSR count). The van der Waals surface area contributed by atoms with Crippen LogP contribution in [0.5, 0.6) is 0 Å². The number of hydrogen-bond donors (Lipinski definition) is 2. The van der Waals surface area contributed by atoms with Gasteiger partial charge in [-0.05, 0) is 19.4 Å². The zero-order valence-corrected chi connectivity index (χ0v) is 10.0. The topological polar surface area (TPSA) is 41.1 Å². The molecule has 1 unspecified atom stereocenters. The summed E-state index contributed by atoms with van der Waals surface area (Å²) in [6.07, 6.45) is 6.21. The summed E-state index contributed by atoms with van der Waals surface area (Å²) in [5.74, 6) is 0.301. The minimum absolute atomic E-state index is 0.0897. The highest BCUT2D eigenvalue weighted by Crippen LogP contribution is 2.17. The maximum absolute atomic E-state index is 11.8. The first-order valence-corrected chi connectivity index (χ1v) is 6.25. The maximum Gasteiger partial charge on any atom is 0.224 e. The van der Waals surface area contributed by atoms with Gasteiger partial charge in [-0.15, -0.1) is 0 Å². The number of carbonyl (C=O) groups is 1. The largest absolute Gasteiger partial charge is 0.353 e. The van der Waals surface area contributed by atoms with Crippen LogP contribution >= 0.6 is 0 Å². The number of hydrogen-bond acceptors (Lipinski definition) is 2. The van der Waals surface area contributed by atoms with Crippen LogP contribution in [0.2, 0.25) is 0 Å². The molecule has 0 saturated heterocycles. The van der Waals surface area contributed by atoms with Crippen molar-refractivity contribution in [1.82, 2.24) is 10.6 Å². The first-order chi connectivity index (χ1) is 7.24. The first-order valence-electron chi connectivity index (χ1n) is 6.25. The van der Waals surface area contributed by atoms with Crippen molar-refractivity contribution in [3.8, 4) is 0 Å². The molecule has 1 atom stereocenters. The third-order valence-electron chi connectivity index (χ3n) is 3.10.